The lowest BCUT2D eigenvalue weighted by Crippen LogP contribution is -2.33. The normalized spacial score (nSPS) is 12.3. The minimum absolute atomic E-state index is 0.00621. The number of amides is 1. The quantitative estimate of drug-likeness (QED) is 0.559. The van der Waals surface area contributed by atoms with Gasteiger partial charge in [-0.05, 0) is 24.2 Å². The minimum atomic E-state index is -0.00621. The van der Waals surface area contributed by atoms with E-state index in [1.807, 2.05) is 0 Å². The number of carbonyl (C=O) groups is 2. The molecule has 0 aliphatic carbocycles. The number of hydrogen-bond donors (Lipinski definition) is 1. The summed E-state index contributed by atoms with van der Waals surface area (Å²) in [5, 5.41) is 2.89. The first kappa shape index (κ1) is 22.1. The number of Topliss-reactive ketones (excluding diaryl/α,β-unsaturated/α-hetero) is 1. The van der Waals surface area contributed by atoms with Gasteiger partial charge in [-0.15, -0.1) is 0 Å². The zero-order valence-corrected chi connectivity index (χ0v) is 15.8. The van der Waals surface area contributed by atoms with Gasteiger partial charge in [0.25, 0.3) is 0 Å². The van der Waals surface area contributed by atoms with Crippen molar-refractivity contribution in [3.8, 4) is 0 Å². The van der Waals surface area contributed by atoms with Gasteiger partial charge in [-0.25, -0.2) is 0 Å². The summed E-state index contributed by atoms with van der Waals surface area (Å²) in [7, 11) is 0. The predicted molar refractivity (Wildman–Crippen MR) is 92.4 cm³/mol. The van der Waals surface area contributed by atoms with E-state index in [0.29, 0.717) is 45.8 Å². The molecule has 0 rings (SSSR count). The molecule has 0 aromatic heterocycles. The topological polar surface area (TPSA) is 64.6 Å². The van der Waals surface area contributed by atoms with Gasteiger partial charge in [-0.1, -0.05) is 34.6 Å². The largest absolute Gasteiger partial charge is 0.379 e. The van der Waals surface area contributed by atoms with E-state index in [1.165, 1.54) is 0 Å². The van der Waals surface area contributed by atoms with E-state index in [0.717, 1.165) is 6.42 Å². The van der Waals surface area contributed by atoms with Crippen LogP contribution in [0.15, 0.2) is 0 Å². The van der Waals surface area contributed by atoms with Gasteiger partial charge in [-0.3, -0.25) is 9.59 Å². The molecule has 0 unspecified atom stereocenters. The number of nitrogens with one attached hydrogen (secondary N) is 1. The fourth-order valence-electron chi connectivity index (χ4n) is 2.80. The summed E-state index contributed by atoms with van der Waals surface area (Å²) < 4.78 is 10.6. The van der Waals surface area contributed by atoms with Gasteiger partial charge < -0.3 is 14.8 Å². The zero-order valence-electron chi connectivity index (χ0n) is 15.8. The minimum Gasteiger partial charge on any atom is -0.379 e. The van der Waals surface area contributed by atoms with E-state index >= 15 is 0 Å². The van der Waals surface area contributed by atoms with Crippen LogP contribution in [0.4, 0.5) is 0 Å². The third-order valence-electron chi connectivity index (χ3n) is 3.19. The Kier molecular flexibility index (Phi) is 10.3. The summed E-state index contributed by atoms with van der Waals surface area (Å²) in [4.78, 5) is 22.7. The highest BCUT2D eigenvalue weighted by molar-refractivity contribution is 5.76. The van der Waals surface area contributed by atoms with E-state index in [-0.39, 0.29) is 22.5 Å². The lowest BCUT2D eigenvalue weighted by atomic mass is 9.74. The van der Waals surface area contributed by atoms with Crippen molar-refractivity contribution in [3.63, 3.8) is 0 Å². The van der Waals surface area contributed by atoms with Crippen LogP contribution >= 0.6 is 0 Å². The second-order valence-corrected chi connectivity index (χ2v) is 8.11. The summed E-state index contributed by atoms with van der Waals surface area (Å²) in [6.07, 6.45) is 1.97. The Bertz CT molecular complexity index is 359. The average molecular weight is 329 g/mol. The molecular weight excluding hydrogens is 294 g/mol. The summed E-state index contributed by atoms with van der Waals surface area (Å²) in [5.41, 5.74) is 0.211. The Morgan fingerprint density at radius 1 is 0.913 bits per heavy atom. The van der Waals surface area contributed by atoms with Crippen LogP contribution in [0.5, 0.6) is 0 Å². The van der Waals surface area contributed by atoms with Gasteiger partial charge in [0, 0.05) is 19.4 Å². The molecule has 0 spiro atoms. The Balaban J connectivity index is 3.62. The van der Waals surface area contributed by atoms with E-state index in [2.05, 4.69) is 39.9 Å². The first-order valence-corrected chi connectivity index (χ1v) is 8.43. The third kappa shape index (κ3) is 15.7. The second-order valence-electron chi connectivity index (χ2n) is 8.11. The fraction of sp³-hybridized carbons (Fsp3) is 0.889. The van der Waals surface area contributed by atoms with Crippen LogP contribution in [-0.4, -0.2) is 44.7 Å². The molecular formula is C18H35NO4. The predicted octanol–water partition coefficient (Wildman–Crippen LogP) is 2.97. The van der Waals surface area contributed by atoms with E-state index in [1.54, 1.807) is 6.92 Å². The highest BCUT2D eigenvalue weighted by Gasteiger charge is 2.27. The molecule has 1 N–H and O–H groups in total. The van der Waals surface area contributed by atoms with Gasteiger partial charge in [0.05, 0.1) is 26.4 Å². The van der Waals surface area contributed by atoms with Crippen LogP contribution in [0.1, 0.15) is 60.8 Å². The Labute approximate surface area is 141 Å². The van der Waals surface area contributed by atoms with Crippen LogP contribution in [-0.2, 0) is 19.1 Å². The maximum absolute atomic E-state index is 12.0. The summed E-state index contributed by atoms with van der Waals surface area (Å²) in [5.74, 6) is 0.198. The number of ether oxygens (including phenoxy) is 2. The van der Waals surface area contributed by atoms with Crippen molar-refractivity contribution in [2.24, 2.45) is 10.8 Å². The number of rotatable bonds is 12. The van der Waals surface area contributed by atoms with E-state index in [4.69, 9.17) is 9.47 Å². The molecule has 0 saturated heterocycles. The molecule has 0 aliphatic rings. The molecule has 0 fully saturated rings. The molecule has 0 aromatic carbocycles. The first-order valence-electron chi connectivity index (χ1n) is 8.43. The van der Waals surface area contributed by atoms with Gasteiger partial charge >= 0.3 is 0 Å². The van der Waals surface area contributed by atoms with Crippen LogP contribution in [0.25, 0.3) is 0 Å². The molecule has 0 radical (unpaired) electrons. The fourth-order valence-corrected chi connectivity index (χ4v) is 2.80. The van der Waals surface area contributed by atoms with Crippen molar-refractivity contribution in [1.29, 1.82) is 0 Å². The molecule has 0 aromatic rings. The standard InChI is InChI=1S/C18H35NO4/c1-15(20)7-9-22-11-12-23-10-8-19-16(21)13-18(5,6)14-17(2,3)4/h7-14H2,1-6H3,(H,19,21). The molecule has 0 bridgehead atoms. The summed E-state index contributed by atoms with van der Waals surface area (Å²) in [6.45, 7) is 14.8. The van der Waals surface area contributed by atoms with Crippen molar-refractivity contribution >= 4 is 11.7 Å². The maximum atomic E-state index is 12.0. The Morgan fingerprint density at radius 2 is 1.48 bits per heavy atom. The van der Waals surface area contributed by atoms with Gasteiger partial charge in [0.15, 0.2) is 0 Å². The van der Waals surface area contributed by atoms with Gasteiger partial charge in [0.1, 0.15) is 5.78 Å². The Hall–Kier alpha value is -0.940. The molecule has 136 valence electrons. The molecule has 23 heavy (non-hydrogen) atoms. The third-order valence-corrected chi connectivity index (χ3v) is 3.19. The highest BCUT2D eigenvalue weighted by atomic mass is 16.5. The molecule has 0 heterocycles. The van der Waals surface area contributed by atoms with Gasteiger partial charge in [0.2, 0.25) is 5.91 Å². The molecule has 0 saturated carbocycles. The van der Waals surface area contributed by atoms with Crippen molar-refractivity contribution in [2.45, 2.75) is 60.8 Å². The monoisotopic (exact) mass is 329 g/mol. The zero-order chi connectivity index (χ0) is 17.9. The molecule has 0 atom stereocenters. The molecule has 1 amide bonds. The first-order chi connectivity index (χ1) is 10.5. The number of carbonyl (C=O) groups excluding carboxylic acids is 2. The van der Waals surface area contributed by atoms with Crippen LogP contribution < -0.4 is 5.32 Å². The average Bonchev–Trinajstić information content (AvgIpc) is 2.32. The molecule has 5 heteroatoms. The van der Waals surface area contributed by atoms with Crippen molar-refractivity contribution in [3.05, 3.63) is 0 Å². The highest BCUT2D eigenvalue weighted by Crippen LogP contribution is 2.35. The van der Waals surface area contributed by atoms with E-state index < -0.39 is 0 Å². The SMILES string of the molecule is CC(=O)CCOCCOCCNC(=O)CC(C)(C)CC(C)(C)C. The summed E-state index contributed by atoms with van der Waals surface area (Å²) >= 11 is 0. The molecule has 0 aliphatic heterocycles. The summed E-state index contributed by atoms with van der Waals surface area (Å²) in [6, 6.07) is 0. The Morgan fingerprint density at radius 3 is 2.00 bits per heavy atom. The van der Waals surface area contributed by atoms with Crippen molar-refractivity contribution in [2.75, 3.05) is 33.0 Å². The van der Waals surface area contributed by atoms with Crippen molar-refractivity contribution < 1.29 is 19.1 Å². The van der Waals surface area contributed by atoms with Crippen molar-refractivity contribution in [1.82, 2.24) is 5.32 Å². The van der Waals surface area contributed by atoms with Crippen LogP contribution in [0, 0.1) is 10.8 Å². The van der Waals surface area contributed by atoms with Gasteiger partial charge in [-0.2, -0.15) is 0 Å². The smallest absolute Gasteiger partial charge is 0.220 e. The second kappa shape index (κ2) is 10.8. The lowest BCUT2D eigenvalue weighted by Gasteiger charge is -2.31. The number of hydrogen-bond acceptors (Lipinski definition) is 4. The number of ketones is 1. The van der Waals surface area contributed by atoms with E-state index in [9.17, 15) is 9.59 Å². The van der Waals surface area contributed by atoms with Crippen LogP contribution in [0.2, 0.25) is 0 Å². The van der Waals surface area contributed by atoms with Crippen LogP contribution in [0.3, 0.4) is 0 Å². The maximum Gasteiger partial charge on any atom is 0.220 e. The molecule has 5 nitrogen and oxygen atoms in total. The lowest BCUT2D eigenvalue weighted by molar-refractivity contribution is -0.123.